The summed E-state index contributed by atoms with van der Waals surface area (Å²) in [4.78, 5) is 37.4. The van der Waals surface area contributed by atoms with Gasteiger partial charge >= 0.3 is 6.03 Å². The molecule has 0 saturated carbocycles. The van der Waals surface area contributed by atoms with E-state index in [0.717, 1.165) is 23.5 Å². The highest BCUT2D eigenvalue weighted by Crippen LogP contribution is 2.24. The van der Waals surface area contributed by atoms with Crippen LogP contribution in [0.1, 0.15) is 33.6 Å². The molecule has 1 fully saturated rings. The van der Waals surface area contributed by atoms with E-state index in [1.807, 2.05) is 13.8 Å². The van der Waals surface area contributed by atoms with E-state index >= 15 is 0 Å². The average Bonchev–Trinajstić information content (AvgIpc) is 2.73. The van der Waals surface area contributed by atoms with Gasteiger partial charge in [-0.3, -0.25) is 14.5 Å². The van der Waals surface area contributed by atoms with Crippen LogP contribution in [0.15, 0.2) is 18.2 Å². The van der Waals surface area contributed by atoms with Crippen LogP contribution in [0.4, 0.5) is 19.3 Å². The molecule has 136 valence electrons. The molecule has 0 bridgehead atoms. The van der Waals surface area contributed by atoms with Crippen LogP contribution in [-0.2, 0) is 9.59 Å². The lowest BCUT2D eigenvalue weighted by atomic mass is 9.92. The zero-order valence-electron chi connectivity index (χ0n) is 14.4. The molecule has 25 heavy (non-hydrogen) atoms. The highest BCUT2D eigenvalue weighted by Gasteiger charge is 2.47. The zero-order valence-corrected chi connectivity index (χ0v) is 14.4. The van der Waals surface area contributed by atoms with Crippen molar-refractivity contribution in [2.75, 3.05) is 11.9 Å². The number of rotatable bonds is 6. The minimum absolute atomic E-state index is 0.0403. The molecule has 4 amide bonds. The number of urea groups is 1. The van der Waals surface area contributed by atoms with Crippen molar-refractivity contribution in [3.63, 3.8) is 0 Å². The van der Waals surface area contributed by atoms with Gasteiger partial charge in [-0.1, -0.05) is 13.8 Å². The minimum Gasteiger partial charge on any atom is -0.324 e. The monoisotopic (exact) mass is 353 g/mol. The Balaban J connectivity index is 2.01. The van der Waals surface area contributed by atoms with Gasteiger partial charge in [-0.05, 0) is 37.8 Å². The maximum Gasteiger partial charge on any atom is 0.325 e. The molecule has 0 aromatic heterocycles. The number of benzene rings is 1. The SMILES string of the molecule is CC(C)CC[C@]1(C)NC(=O)N(CC(=O)Nc2ccc(F)c(F)c2)C1=O. The number of amides is 4. The van der Waals surface area contributed by atoms with E-state index < -0.39 is 41.6 Å². The second kappa shape index (κ2) is 7.16. The molecule has 0 unspecified atom stereocenters. The first-order valence-corrected chi connectivity index (χ1v) is 8.01. The van der Waals surface area contributed by atoms with Crippen molar-refractivity contribution in [3.8, 4) is 0 Å². The first-order chi connectivity index (χ1) is 11.6. The molecule has 1 aromatic carbocycles. The Kier molecular flexibility index (Phi) is 5.39. The lowest BCUT2D eigenvalue weighted by Gasteiger charge is -2.22. The van der Waals surface area contributed by atoms with Crippen molar-refractivity contribution >= 4 is 23.5 Å². The van der Waals surface area contributed by atoms with Crippen LogP contribution in [-0.4, -0.2) is 34.8 Å². The zero-order chi connectivity index (χ0) is 18.8. The number of halogens is 2. The third-order valence-electron chi connectivity index (χ3n) is 4.07. The molecule has 1 atom stereocenters. The van der Waals surface area contributed by atoms with Gasteiger partial charge in [-0.25, -0.2) is 13.6 Å². The molecule has 8 heteroatoms. The Bertz CT molecular complexity index is 708. The van der Waals surface area contributed by atoms with Crippen LogP contribution in [0.3, 0.4) is 0 Å². The van der Waals surface area contributed by atoms with Gasteiger partial charge in [0.1, 0.15) is 12.1 Å². The largest absolute Gasteiger partial charge is 0.325 e. The summed E-state index contributed by atoms with van der Waals surface area (Å²) >= 11 is 0. The van der Waals surface area contributed by atoms with Crippen LogP contribution in [0.2, 0.25) is 0 Å². The molecule has 1 aliphatic rings. The van der Waals surface area contributed by atoms with E-state index in [1.54, 1.807) is 6.92 Å². The summed E-state index contributed by atoms with van der Waals surface area (Å²) in [5, 5.41) is 4.96. The number of anilines is 1. The third-order valence-corrected chi connectivity index (χ3v) is 4.07. The molecule has 2 N–H and O–H groups in total. The standard InChI is InChI=1S/C17H21F2N3O3/c1-10(2)6-7-17(3)15(24)22(16(25)21-17)9-14(23)20-11-4-5-12(18)13(19)8-11/h4-5,8,10H,6-7,9H2,1-3H3,(H,20,23)(H,21,25)/t17-/m0/s1. The Hall–Kier alpha value is -2.51. The van der Waals surface area contributed by atoms with Crippen molar-refractivity contribution in [1.82, 2.24) is 10.2 Å². The predicted molar refractivity (Wildman–Crippen MR) is 87.7 cm³/mol. The van der Waals surface area contributed by atoms with Crippen molar-refractivity contribution in [2.24, 2.45) is 5.92 Å². The smallest absolute Gasteiger partial charge is 0.324 e. The summed E-state index contributed by atoms with van der Waals surface area (Å²) < 4.78 is 26.0. The number of nitrogens with one attached hydrogen (secondary N) is 2. The highest BCUT2D eigenvalue weighted by atomic mass is 19.2. The third kappa shape index (κ3) is 4.32. The summed E-state index contributed by atoms with van der Waals surface area (Å²) in [7, 11) is 0. The van der Waals surface area contributed by atoms with Crippen molar-refractivity contribution in [2.45, 2.75) is 39.2 Å². The van der Waals surface area contributed by atoms with E-state index in [-0.39, 0.29) is 5.69 Å². The number of carbonyl (C=O) groups is 3. The highest BCUT2D eigenvalue weighted by molar-refractivity contribution is 6.09. The number of carbonyl (C=O) groups excluding carboxylic acids is 3. The molecule has 0 radical (unpaired) electrons. The molecule has 1 aromatic rings. The summed E-state index contributed by atoms with van der Waals surface area (Å²) in [6.07, 6.45) is 1.22. The number of nitrogens with zero attached hydrogens (tertiary/aromatic N) is 1. The molecular weight excluding hydrogens is 332 g/mol. The molecule has 0 spiro atoms. The maximum atomic E-state index is 13.2. The number of hydrogen-bond donors (Lipinski definition) is 2. The molecule has 0 aliphatic carbocycles. The molecule has 2 rings (SSSR count). The van der Waals surface area contributed by atoms with Crippen LogP contribution in [0.5, 0.6) is 0 Å². The second-order valence-corrected chi connectivity index (χ2v) is 6.76. The summed E-state index contributed by atoms with van der Waals surface area (Å²) in [5.41, 5.74) is -0.998. The lowest BCUT2D eigenvalue weighted by Crippen LogP contribution is -2.44. The fraction of sp³-hybridized carbons (Fsp3) is 0.471. The Morgan fingerprint density at radius 2 is 1.96 bits per heavy atom. The van der Waals surface area contributed by atoms with Gasteiger partial charge in [-0.15, -0.1) is 0 Å². The molecular formula is C17H21F2N3O3. The first kappa shape index (κ1) is 18.8. The molecule has 1 aliphatic heterocycles. The van der Waals surface area contributed by atoms with Gasteiger partial charge in [0.2, 0.25) is 5.91 Å². The van der Waals surface area contributed by atoms with Crippen molar-refractivity contribution in [1.29, 1.82) is 0 Å². The van der Waals surface area contributed by atoms with Gasteiger partial charge in [0.15, 0.2) is 11.6 Å². The van der Waals surface area contributed by atoms with Crippen LogP contribution in [0.25, 0.3) is 0 Å². The molecule has 1 saturated heterocycles. The van der Waals surface area contributed by atoms with Crippen molar-refractivity contribution in [3.05, 3.63) is 29.8 Å². The van der Waals surface area contributed by atoms with Crippen LogP contribution in [0, 0.1) is 17.6 Å². The topological polar surface area (TPSA) is 78.5 Å². The quantitative estimate of drug-likeness (QED) is 0.772. The number of imide groups is 1. The fourth-order valence-electron chi connectivity index (χ4n) is 2.56. The Labute approximate surface area is 144 Å². The van der Waals surface area contributed by atoms with E-state index in [0.29, 0.717) is 12.3 Å². The lowest BCUT2D eigenvalue weighted by molar-refractivity contribution is -0.133. The van der Waals surface area contributed by atoms with E-state index in [9.17, 15) is 23.2 Å². The fourth-order valence-corrected chi connectivity index (χ4v) is 2.56. The maximum absolute atomic E-state index is 13.2. The predicted octanol–water partition coefficient (Wildman–Crippen LogP) is 2.65. The van der Waals surface area contributed by atoms with Gasteiger partial charge in [0.25, 0.3) is 5.91 Å². The average molecular weight is 353 g/mol. The Morgan fingerprint density at radius 3 is 2.56 bits per heavy atom. The molecule has 1 heterocycles. The normalized spacial score (nSPS) is 20.2. The van der Waals surface area contributed by atoms with E-state index in [4.69, 9.17) is 0 Å². The van der Waals surface area contributed by atoms with Crippen molar-refractivity contribution < 1.29 is 23.2 Å². The van der Waals surface area contributed by atoms with Gasteiger partial charge in [-0.2, -0.15) is 0 Å². The molecule has 6 nitrogen and oxygen atoms in total. The number of hydrogen-bond acceptors (Lipinski definition) is 3. The van der Waals surface area contributed by atoms with Crippen LogP contribution >= 0.6 is 0 Å². The summed E-state index contributed by atoms with van der Waals surface area (Å²) in [6, 6.07) is 2.25. The van der Waals surface area contributed by atoms with E-state index in [2.05, 4.69) is 10.6 Å². The van der Waals surface area contributed by atoms with E-state index in [1.165, 1.54) is 6.07 Å². The van der Waals surface area contributed by atoms with Gasteiger partial charge in [0.05, 0.1) is 0 Å². The van der Waals surface area contributed by atoms with Gasteiger partial charge in [0, 0.05) is 11.8 Å². The first-order valence-electron chi connectivity index (χ1n) is 8.01. The Morgan fingerprint density at radius 1 is 1.28 bits per heavy atom. The van der Waals surface area contributed by atoms with Crippen LogP contribution < -0.4 is 10.6 Å². The summed E-state index contributed by atoms with van der Waals surface area (Å²) in [5.74, 6) is -2.92. The van der Waals surface area contributed by atoms with Gasteiger partial charge < -0.3 is 10.6 Å². The minimum atomic E-state index is -1.10. The second-order valence-electron chi connectivity index (χ2n) is 6.76. The summed E-state index contributed by atoms with van der Waals surface area (Å²) in [6.45, 7) is 5.15.